The molecule has 4 aromatic rings. The van der Waals surface area contributed by atoms with E-state index in [0.29, 0.717) is 0 Å². The van der Waals surface area contributed by atoms with Gasteiger partial charge in [0.1, 0.15) is 11.0 Å². The second-order valence-electron chi connectivity index (χ2n) is 6.49. The Kier molecular flexibility index (Phi) is 3.42. The van der Waals surface area contributed by atoms with Crippen LogP contribution in [0.15, 0.2) is 78.9 Å². The molecule has 0 aliphatic carbocycles. The van der Waals surface area contributed by atoms with Crippen LogP contribution in [0.1, 0.15) is 25.0 Å². The zero-order valence-electron chi connectivity index (χ0n) is 13.8. The lowest BCUT2D eigenvalue weighted by atomic mass is 9.77. The molecule has 0 amide bonds. The first-order chi connectivity index (χ1) is 11.7. The maximum absolute atomic E-state index is 4.66. The van der Waals surface area contributed by atoms with E-state index in [-0.39, 0.29) is 5.41 Å². The summed E-state index contributed by atoms with van der Waals surface area (Å²) in [6, 6.07) is 26.9. The van der Waals surface area contributed by atoms with Crippen molar-refractivity contribution in [2.75, 3.05) is 0 Å². The van der Waals surface area contributed by atoms with E-state index in [1.165, 1.54) is 11.1 Å². The van der Waals surface area contributed by atoms with Crippen LogP contribution in [0, 0.1) is 0 Å². The van der Waals surface area contributed by atoms with E-state index in [9.17, 15) is 0 Å². The smallest absolute Gasteiger partial charge is 0.113 e. The highest BCUT2D eigenvalue weighted by Crippen LogP contribution is 2.34. The number of nitrogens with zero attached hydrogens (tertiary/aromatic N) is 3. The maximum atomic E-state index is 4.66. The Morgan fingerprint density at radius 1 is 0.667 bits per heavy atom. The highest BCUT2D eigenvalue weighted by Gasteiger charge is 2.26. The van der Waals surface area contributed by atoms with Crippen LogP contribution in [0.2, 0.25) is 0 Å². The Labute approximate surface area is 141 Å². The molecule has 0 saturated carbocycles. The topological polar surface area (TPSA) is 30.7 Å². The van der Waals surface area contributed by atoms with Crippen LogP contribution in [-0.4, -0.2) is 15.0 Å². The molecular formula is C21H19N3. The third-order valence-electron chi connectivity index (χ3n) is 4.57. The lowest BCUT2D eigenvalue weighted by Gasteiger charge is -2.28. The van der Waals surface area contributed by atoms with E-state index in [1.807, 2.05) is 36.4 Å². The van der Waals surface area contributed by atoms with Gasteiger partial charge in [0.05, 0.1) is 5.69 Å². The minimum Gasteiger partial charge on any atom is -0.150 e. The van der Waals surface area contributed by atoms with E-state index in [0.717, 1.165) is 16.7 Å². The van der Waals surface area contributed by atoms with Crippen LogP contribution < -0.4 is 0 Å². The van der Waals surface area contributed by atoms with Gasteiger partial charge in [-0.15, -0.1) is 10.2 Å². The summed E-state index contributed by atoms with van der Waals surface area (Å²) >= 11 is 0. The molecule has 0 N–H and O–H groups in total. The van der Waals surface area contributed by atoms with Gasteiger partial charge in [0, 0.05) is 5.41 Å². The fourth-order valence-electron chi connectivity index (χ4n) is 3.15. The summed E-state index contributed by atoms with van der Waals surface area (Å²) in [6.07, 6.45) is 0. The van der Waals surface area contributed by atoms with E-state index in [4.69, 9.17) is 0 Å². The quantitative estimate of drug-likeness (QED) is 0.546. The standard InChI is InChI=1S/C21H19N3/c1-21(2,16-10-4-3-5-11-16)17-12-6-9-15-20(17)24-22-18-13-7-8-14-19(18)23-24/h3-15H,1-2H3. The van der Waals surface area contributed by atoms with Gasteiger partial charge >= 0.3 is 0 Å². The lowest BCUT2D eigenvalue weighted by molar-refractivity contribution is 0.622. The van der Waals surface area contributed by atoms with Crippen LogP contribution in [0.25, 0.3) is 16.7 Å². The molecule has 0 radical (unpaired) electrons. The first kappa shape index (κ1) is 14.6. The minimum atomic E-state index is -0.141. The molecular weight excluding hydrogens is 294 g/mol. The minimum absolute atomic E-state index is 0.141. The first-order valence-corrected chi connectivity index (χ1v) is 8.14. The molecule has 0 spiro atoms. The van der Waals surface area contributed by atoms with Crippen molar-refractivity contribution in [3.8, 4) is 5.69 Å². The van der Waals surface area contributed by atoms with Gasteiger partial charge in [0.25, 0.3) is 0 Å². The molecule has 4 rings (SSSR count). The molecule has 0 aliphatic rings. The fourth-order valence-corrected chi connectivity index (χ4v) is 3.15. The van der Waals surface area contributed by atoms with Gasteiger partial charge < -0.3 is 0 Å². The monoisotopic (exact) mass is 313 g/mol. The van der Waals surface area contributed by atoms with Crippen molar-refractivity contribution in [3.63, 3.8) is 0 Å². The van der Waals surface area contributed by atoms with E-state index in [1.54, 1.807) is 4.80 Å². The summed E-state index contributed by atoms with van der Waals surface area (Å²) in [5.41, 5.74) is 5.17. The van der Waals surface area contributed by atoms with Gasteiger partial charge in [0.15, 0.2) is 0 Å². The van der Waals surface area contributed by atoms with Crippen molar-refractivity contribution in [2.45, 2.75) is 19.3 Å². The van der Waals surface area contributed by atoms with E-state index in [2.05, 4.69) is 66.5 Å². The van der Waals surface area contributed by atoms with Crippen molar-refractivity contribution >= 4 is 11.0 Å². The second kappa shape index (κ2) is 5.60. The molecule has 3 nitrogen and oxygen atoms in total. The number of benzene rings is 3. The average Bonchev–Trinajstić information content (AvgIpc) is 3.06. The highest BCUT2D eigenvalue weighted by molar-refractivity contribution is 5.73. The summed E-state index contributed by atoms with van der Waals surface area (Å²) in [5, 5.41) is 9.31. The predicted molar refractivity (Wildman–Crippen MR) is 97.4 cm³/mol. The third kappa shape index (κ3) is 2.38. The predicted octanol–water partition coefficient (Wildman–Crippen LogP) is 4.75. The number of aromatic nitrogens is 3. The van der Waals surface area contributed by atoms with Crippen molar-refractivity contribution in [1.82, 2.24) is 15.0 Å². The number of hydrogen-bond acceptors (Lipinski definition) is 2. The van der Waals surface area contributed by atoms with Gasteiger partial charge in [0.2, 0.25) is 0 Å². The molecule has 1 heterocycles. The summed E-state index contributed by atoms with van der Waals surface area (Å²) in [4.78, 5) is 1.75. The summed E-state index contributed by atoms with van der Waals surface area (Å²) in [6.45, 7) is 4.48. The zero-order valence-corrected chi connectivity index (χ0v) is 13.8. The van der Waals surface area contributed by atoms with Crippen molar-refractivity contribution in [2.24, 2.45) is 0 Å². The third-order valence-corrected chi connectivity index (χ3v) is 4.57. The second-order valence-corrected chi connectivity index (χ2v) is 6.49. The number of para-hydroxylation sites is 1. The van der Waals surface area contributed by atoms with E-state index < -0.39 is 0 Å². The van der Waals surface area contributed by atoms with Gasteiger partial charge in [-0.1, -0.05) is 74.5 Å². The number of hydrogen-bond donors (Lipinski definition) is 0. The summed E-state index contributed by atoms with van der Waals surface area (Å²) in [7, 11) is 0. The van der Waals surface area contributed by atoms with Crippen molar-refractivity contribution in [3.05, 3.63) is 90.0 Å². The Morgan fingerprint density at radius 2 is 1.21 bits per heavy atom. The van der Waals surface area contributed by atoms with Gasteiger partial charge in [-0.3, -0.25) is 0 Å². The average molecular weight is 313 g/mol. The van der Waals surface area contributed by atoms with Crippen LogP contribution in [0.5, 0.6) is 0 Å². The van der Waals surface area contributed by atoms with Crippen LogP contribution in [0.4, 0.5) is 0 Å². The Bertz CT molecular complexity index is 951. The number of fused-ring (bicyclic) bond motifs is 1. The Morgan fingerprint density at radius 3 is 1.88 bits per heavy atom. The molecule has 0 saturated heterocycles. The molecule has 0 aliphatic heterocycles. The van der Waals surface area contributed by atoms with Crippen LogP contribution in [0.3, 0.4) is 0 Å². The molecule has 1 aromatic heterocycles. The first-order valence-electron chi connectivity index (χ1n) is 8.14. The van der Waals surface area contributed by atoms with Gasteiger partial charge in [-0.2, -0.15) is 4.80 Å². The summed E-state index contributed by atoms with van der Waals surface area (Å²) < 4.78 is 0. The highest BCUT2D eigenvalue weighted by atomic mass is 15.5. The summed E-state index contributed by atoms with van der Waals surface area (Å²) in [5.74, 6) is 0. The van der Waals surface area contributed by atoms with Crippen molar-refractivity contribution in [1.29, 1.82) is 0 Å². The van der Waals surface area contributed by atoms with Crippen LogP contribution >= 0.6 is 0 Å². The molecule has 3 aromatic carbocycles. The molecule has 0 fully saturated rings. The SMILES string of the molecule is CC(C)(c1ccccc1)c1ccccc1-n1nc2ccccc2n1. The molecule has 3 heteroatoms. The molecule has 118 valence electrons. The zero-order chi connectivity index (χ0) is 16.6. The molecule has 0 atom stereocenters. The fraction of sp³-hybridized carbons (Fsp3) is 0.143. The molecule has 24 heavy (non-hydrogen) atoms. The van der Waals surface area contributed by atoms with E-state index >= 15 is 0 Å². The normalized spacial score (nSPS) is 11.8. The van der Waals surface area contributed by atoms with Crippen molar-refractivity contribution < 1.29 is 0 Å². The number of rotatable bonds is 3. The van der Waals surface area contributed by atoms with Gasteiger partial charge in [-0.05, 0) is 29.3 Å². The largest absolute Gasteiger partial charge is 0.150 e. The maximum Gasteiger partial charge on any atom is 0.113 e. The molecule has 0 bridgehead atoms. The molecule has 0 unspecified atom stereocenters. The Balaban J connectivity index is 1.89. The van der Waals surface area contributed by atoms with Gasteiger partial charge in [-0.25, -0.2) is 0 Å². The lowest BCUT2D eigenvalue weighted by Crippen LogP contribution is -2.21. The van der Waals surface area contributed by atoms with Crippen LogP contribution in [-0.2, 0) is 5.41 Å². The Hall–Kier alpha value is -2.94.